The average molecular weight is 390 g/mol. The molecule has 146 valence electrons. The molecular weight excluding hydrogens is 373 g/mol. The van der Waals surface area contributed by atoms with E-state index in [4.69, 9.17) is 5.73 Å². The van der Waals surface area contributed by atoms with E-state index in [0.717, 1.165) is 6.07 Å². The van der Waals surface area contributed by atoms with Crippen LogP contribution in [0.15, 0.2) is 30.7 Å². The van der Waals surface area contributed by atoms with E-state index in [1.54, 1.807) is 0 Å². The van der Waals surface area contributed by atoms with Crippen molar-refractivity contribution in [2.24, 2.45) is 5.73 Å². The molecule has 1 aromatic carbocycles. The number of amides is 1. The van der Waals surface area contributed by atoms with Gasteiger partial charge in [0.05, 0.1) is 11.6 Å². The maximum Gasteiger partial charge on any atom is 0.251 e. The zero-order valence-electron chi connectivity index (χ0n) is 14.8. The molecule has 0 aliphatic rings. The minimum atomic E-state index is -1.27. The van der Waals surface area contributed by atoms with Gasteiger partial charge < -0.3 is 16.4 Å². The number of carbonyl (C=O) groups is 1. The highest BCUT2D eigenvalue weighted by Gasteiger charge is 2.21. The minimum absolute atomic E-state index is 0.0855. The van der Waals surface area contributed by atoms with Crippen molar-refractivity contribution in [2.45, 2.75) is 13.0 Å². The molecule has 0 fully saturated rings. The van der Waals surface area contributed by atoms with Crippen molar-refractivity contribution in [3.63, 3.8) is 0 Å². The van der Waals surface area contributed by atoms with Crippen molar-refractivity contribution >= 4 is 22.8 Å². The fourth-order valence-corrected chi connectivity index (χ4v) is 2.77. The smallest absolute Gasteiger partial charge is 0.251 e. The maximum atomic E-state index is 14.3. The molecule has 0 radical (unpaired) electrons. The first kappa shape index (κ1) is 19.5. The number of nitrogens with one attached hydrogen (secondary N) is 2. The number of hydrogen-bond donors (Lipinski definition) is 3. The normalized spacial score (nSPS) is 12.1. The van der Waals surface area contributed by atoms with Crippen LogP contribution < -0.4 is 16.4 Å². The van der Waals surface area contributed by atoms with Gasteiger partial charge in [-0.2, -0.15) is 0 Å². The van der Waals surface area contributed by atoms with Gasteiger partial charge in [-0.3, -0.25) is 9.78 Å². The molecule has 0 bridgehead atoms. The Kier molecular flexibility index (Phi) is 5.69. The van der Waals surface area contributed by atoms with Crippen molar-refractivity contribution in [1.82, 2.24) is 20.3 Å². The van der Waals surface area contributed by atoms with Crippen LogP contribution in [0.5, 0.6) is 0 Å². The quantitative estimate of drug-likeness (QED) is 0.535. The van der Waals surface area contributed by atoms with Crippen molar-refractivity contribution < 1.29 is 18.0 Å². The molecule has 4 N–H and O–H groups in total. The average Bonchev–Trinajstić information content (AvgIpc) is 2.67. The van der Waals surface area contributed by atoms with Crippen LogP contribution in [0.1, 0.15) is 28.9 Å². The van der Waals surface area contributed by atoms with Gasteiger partial charge in [0.25, 0.3) is 5.91 Å². The number of nitrogens with zero attached hydrogens (tertiary/aromatic N) is 3. The second-order valence-electron chi connectivity index (χ2n) is 5.93. The summed E-state index contributed by atoms with van der Waals surface area (Å²) in [6.07, 6.45) is 2.57. The zero-order valence-corrected chi connectivity index (χ0v) is 14.8. The maximum absolute atomic E-state index is 14.3. The minimum Gasteiger partial charge on any atom is -0.366 e. The number of nitrogens with two attached hydrogens (primary N) is 1. The molecule has 3 rings (SSSR count). The summed E-state index contributed by atoms with van der Waals surface area (Å²) in [6, 6.07) is 1.91. The Bertz CT molecular complexity index is 1030. The molecule has 1 amide bonds. The molecule has 10 heteroatoms. The number of anilines is 1. The van der Waals surface area contributed by atoms with Crippen LogP contribution in [-0.2, 0) is 0 Å². The molecule has 2 aromatic heterocycles. The van der Waals surface area contributed by atoms with E-state index in [0.29, 0.717) is 12.6 Å². The van der Waals surface area contributed by atoms with Crippen molar-refractivity contribution in [2.75, 3.05) is 18.4 Å². The lowest BCUT2D eigenvalue weighted by molar-refractivity contribution is 0.100. The van der Waals surface area contributed by atoms with Crippen LogP contribution in [0.2, 0.25) is 0 Å². The predicted molar refractivity (Wildman–Crippen MR) is 97.1 cm³/mol. The molecule has 0 saturated heterocycles. The van der Waals surface area contributed by atoms with Gasteiger partial charge in [0.15, 0.2) is 17.5 Å². The van der Waals surface area contributed by atoms with Crippen molar-refractivity contribution in [3.8, 4) is 0 Å². The molecule has 0 saturated carbocycles. The Morgan fingerprint density at radius 3 is 2.57 bits per heavy atom. The molecule has 7 nitrogen and oxygen atoms in total. The van der Waals surface area contributed by atoms with Gasteiger partial charge in [-0.1, -0.05) is 6.92 Å². The molecule has 3 aromatic rings. The van der Waals surface area contributed by atoms with Crippen LogP contribution in [0, 0.1) is 17.5 Å². The Morgan fingerprint density at radius 1 is 1.11 bits per heavy atom. The highest BCUT2D eigenvalue weighted by Crippen LogP contribution is 2.26. The van der Waals surface area contributed by atoms with Crippen molar-refractivity contribution in [1.29, 1.82) is 0 Å². The topological polar surface area (TPSA) is 106 Å². The van der Waals surface area contributed by atoms with Crippen molar-refractivity contribution in [3.05, 3.63) is 59.3 Å². The second kappa shape index (κ2) is 8.17. The standard InChI is InChI=1S/C18H17F3N6O/c1-2-23-7-14(10-5-12(20)13(21)6-11(10)19)27-18-16-15(25-8-26-18)9(17(22)28)3-4-24-16/h3-6,8,14,23H,2,7H2,1H3,(H2,22,28)(H,25,26,27). The monoisotopic (exact) mass is 390 g/mol. The van der Waals surface area contributed by atoms with E-state index in [1.165, 1.54) is 18.6 Å². The van der Waals surface area contributed by atoms with E-state index in [1.807, 2.05) is 6.92 Å². The highest BCUT2D eigenvalue weighted by atomic mass is 19.2. The fraction of sp³-hybridized carbons (Fsp3) is 0.222. The number of benzene rings is 1. The molecular formula is C18H17F3N6O. The number of fused-ring (bicyclic) bond motifs is 1. The first-order valence-electron chi connectivity index (χ1n) is 8.43. The summed E-state index contributed by atoms with van der Waals surface area (Å²) in [4.78, 5) is 23.9. The number of pyridine rings is 1. The highest BCUT2D eigenvalue weighted by molar-refractivity contribution is 6.05. The first-order valence-corrected chi connectivity index (χ1v) is 8.43. The predicted octanol–water partition coefficient (Wildman–Crippen LogP) is 2.30. The largest absolute Gasteiger partial charge is 0.366 e. The number of aromatic nitrogens is 3. The van der Waals surface area contributed by atoms with Crippen LogP contribution >= 0.6 is 0 Å². The Morgan fingerprint density at radius 2 is 1.86 bits per heavy atom. The Hall–Kier alpha value is -3.27. The molecule has 1 atom stereocenters. The number of rotatable bonds is 7. The summed E-state index contributed by atoms with van der Waals surface area (Å²) in [5.41, 5.74) is 5.88. The first-order chi connectivity index (χ1) is 13.4. The lowest BCUT2D eigenvalue weighted by Gasteiger charge is -2.21. The number of carbonyl (C=O) groups excluding carboxylic acids is 1. The van der Waals surface area contributed by atoms with Gasteiger partial charge in [0.1, 0.15) is 23.2 Å². The SMILES string of the molecule is CCNCC(Nc1ncnc2c(C(N)=O)ccnc12)c1cc(F)c(F)cc1F. The van der Waals surface area contributed by atoms with E-state index < -0.39 is 29.4 Å². The third-order valence-electron chi connectivity index (χ3n) is 4.11. The molecule has 2 heterocycles. The number of primary amides is 1. The summed E-state index contributed by atoms with van der Waals surface area (Å²) in [6.45, 7) is 2.61. The lowest BCUT2D eigenvalue weighted by Crippen LogP contribution is -2.28. The summed E-state index contributed by atoms with van der Waals surface area (Å²) in [5, 5.41) is 5.99. The Balaban J connectivity index is 2.06. The van der Waals surface area contributed by atoms with Gasteiger partial charge >= 0.3 is 0 Å². The molecule has 1 unspecified atom stereocenters. The molecule has 0 spiro atoms. The third-order valence-corrected chi connectivity index (χ3v) is 4.11. The number of hydrogen-bond acceptors (Lipinski definition) is 6. The summed E-state index contributed by atoms with van der Waals surface area (Å²) in [5.74, 6) is -3.84. The number of likely N-dealkylation sites (N-methyl/N-ethyl adjacent to an activating group) is 1. The van der Waals surface area contributed by atoms with Gasteiger partial charge in [0.2, 0.25) is 0 Å². The van der Waals surface area contributed by atoms with E-state index >= 15 is 0 Å². The van der Waals surface area contributed by atoms with Gasteiger partial charge in [-0.25, -0.2) is 23.1 Å². The Labute approximate surface area is 158 Å². The molecule has 28 heavy (non-hydrogen) atoms. The molecule has 0 aliphatic carbocycles. The molecule has 0 aliphatic heterocycles. The van der Waals surface area contributed by atoms with Crippen LogP contribution in [0.4, 0.5) is 19.0 Å². The summed E-state index contributed by atoms with van der Waals surface area (Å²) in [7, 11) is 0. The number of halogens is 3. The summed E-state index contributed by atoms with van der Waals surface area (Å²) < 4.78 is 41.3. The van der Waals surface area contributed by atoms with Crippen LogP contribution in [0.25, 0.3) is 11.0 Å². The van der Waals surface area contributed by atoms with Gasteiger partial charge in [-0.05, 0) is 18.7 Å². The van der Waals surface area contributed by atoms with Gasteiger partial charge in [0, 0.05) is 24.4 Å². The van der Waals surface area contributed by atoms with E-state index in [-0.39, 0.29) is 34.5 Å². The fourth-order valence-electron chi connectivity index (χ4n) is 2.77. The third kappa shape index (κ3) is 3.86. The lowest BCUT2D eigenvalue weighted by atomic mass is 10.1. The second-order valence-corrected chi connectivity index (χ2v) is 5.93. The zero-order chi connectivity index (χ0) is 20.3. The summed E-state index contributed by atoms with van der Waals surface area (Å²) >= 11 is 0. The van der Waals surface area contributed by atoms with E-state index in [9.17, 15) is 18.0 Å². The van der Waals surface area contributed by atoms with Crippen LogP contribution in [0.3, 0.4) is 0 Å². The van der Waals surface area contributed by atoms with Crippen LogP contribution in [-0.4, -0.2) is 33.9 Å². The van der Waals surface area contributed by atoms with Gasteiger partial charge in [-0.15, -0.1) is 0 Å². The van der Waals surface area contributed by atoms with E-state index in [2.05, 4.69) is 25.6 Å².